The lowest BCUT2D eigenvalue weighted by Gasteiger charge is -2.18. The van der Waals surface area contributed by atoms with Crippen molar-refractivity contribution in [2.45, 2.75) is 12.5 Å². The molecule has 6 heteroatoms. The van der Waals surface area contributed by atoms with Gasteiger partial charge in [-0.05, 0) is 23.8 Å². The maximum atomic E-state index is 12.6. The van der Waals surface area contributed by atoms with Gasteiger partial charge in [0, 0.05) is 5.56 Å². The smallest absolute Gasteiger partial charge is 0.307 e. The Kier molecular flexibility index (Phi) is 4.56. The number of esters is 1. The van der Waals surface area contributed by atoms with Gasteiger partial charge < -0.3 is 15.0 Å². The van der Waals surface area contributed by atoms with E-state index in [-0.39, 0.29) is 18.3 Å². The second-order valence-corrected chi connectivity index (χ2v) is 5.35. The molecule has 0 aliphatic heterocycles. The molecule has 0 spiro atoms. The van der Waals surface area contributed by atoms with Gasteiger partial charge in [0.2, 0.25) is 0 Å². The molecule has 0 bridgehead atoms. The highest BCUT2D eigenvalue weighted by Gasteiger charge is 2.19. The Balaban J connectivity index is 1.82. The molecule has 122 valence electrons. The number of carbonyl (C=O) groups excluding carboxylic acids is 2. The van der Waals surface area contributed by atoms with Crippen LogP contribution in [0.5, 0.6) is 0 Å². The first-order valence-electron chi connectivity index (χ1n) is 7.53. The number of imidazole rings is 1. The van der Waals surface area contributed by atoms with Crippen molar-refractivity contribution in [2.75, 3.05) is 7.11 Å². The fourth-order valence-electron chi connectivity index (χ4n) is 2.51. The Hall–Kier alpha value is -3.15. The summed E-state index contributed by atoms with van der Waals surface area (Å²) >= 11 is 0. The molecule has 1 heterocycles. The third-order valence-corrected chi connectivity index (χ3v) is 3.79. The van der Waals surface area contributed by atoms with Gasteiger partial charge in [-0.3, -0.25) is 9.59 Å². The van der Waals surface area contributed by atoms with E-state index in [1.807, 2.05) is 30.3 Å². The van der Waals surface area contributed by atoms with Crippen molar-refractivity contribution >= 4 is 22.9 Å². The van der Waals surface area contributed by atoms with Crippen molar-refractivity contribution in [3.05, 3.63) is 66.0 Å². The van der Waals surface area contributed by atoms with Crippen LogP contribution in [0, 0.1) is 0 Å². The number of benzene rings is 2. The molecule has 2 N–H and O–H groups in total. The van der Waals surface area contributed by atoms with E-state index < -0.39 is 6.04 Å². The molecule has 3 aromatic rings. The second kappa shape index (κ2) is 6.95. The number of methoxy groups -OCH3 is 1. The Morgan fingerprint density at radius 2 is 2.00 bits per heavy atom. The predicted octanol–water partition coefficient (Wildman–Crippen LogP) is 2.60. The van der Waals surface area contributed by atoms with E-state index in [4.69, 9.17) is 4.74 Å². The average molecular weight is 323 g/mol. The highest BCUT2D eigenvalue weighted by atomic mass is 16.5. The van der Waals surface area contributed by atoms with Crippen LogP contribution in [-0.2, 0) is 9.53 Å². The van der Waals surface area contributed by atoms with Gasteiger partial charge in [-0.25, -0.2) is 4.98 Å². The maximum Gasteiger partial charge on any atom is 0.307 e. The molecule has 1 aromatic heterocycles. The van der Waals surface area contributed by atoms with E-state index in [2.05, 4.69) is 15.3 Å². The number of carbonyl (C=O) groups is 2. The zero-order valence-electron chi connectivity index (χ0n) is 13.2. The van der Waals surface area contributed by atoms with Crippen LogP contribution < -0.4 is 5.32 Å². The fraction of sp³-hybridized carbons (Fsp3) is 0.167. The largest absolute Gasteiger partial charge is 0.469 e. The Labute approximate surface area is 138 Å². The standard InChI is InChI=1S/C18H17N3O3/c1-24-17(22)10-15(12-5-3-2-4-6-12)21-18(23)13-7-8-14-16(9-13)20-11-19-14/h2-9,11,15H,10H2,1H3,(H,19,20)(H,21,23)/t15-/m0/s1. The number of ether oxygens (including phenoxy) is 1. The van der Waals surface area contributed by atoms with Crippen LogP contribution in [0.25, 0.3) is 11.0 Å². The molecule has 0 saturated carbocycles. The summed E-state index contributed by atoms with van der Waals surface area (Å²) in [5.41, 5.74) is 2.92. The van der Waals surface area contributed by atoms with Gasteiger partial charge in [-0.2, -0.15) is 0 Å². The van der Waals surface area contributed by atoms with Crippen molar-refractivity contribution in [3.63, 3.8) is 0 Å². The maximum absolute atomic E-state index is 12.6. The zero-order valence-corrected chi connectivity index (χ0v) is 13.2. The van der Waals surface area contributed by atoms with Crippen LogP contribution in [0.4, 0.5) is 0 Å². The number of hydrogen-bond acceptors (Lipinski definition) is 4. The molecular weight excluding hydrogens is 306 g/mol. The summed E-state index contributed by atoms with van der Waals surface area (Å²) in [6, 6.07) is 14.1. The summed E-state index contributed by atoms with van der Waals surface area (Å²) in [5, 5.41) is 2.90. The molecule has 1 amide bonds. The van der Waals surface area contributed by atoms with Gasteiger partial charge >= 0.3 is 5.97 Å². The monoisotopic (exact) mass is 323 g/mol. The highest BCUT2D eigenvalue weighted by Crippen LogP contribution is 2.19. The van der Waals surface area contributed by atoms with Gasteiger partial charge in [0.05, 0.1) is 36.9 Å². The summed E-state index contributed by atoms with van der Waals surface area (Å²) < 4.78 is 4.73. The van der Waals surface area contributed by atoms with Crippen LogP contribution >= 0.6 is 0 Å². The Bertz CT molecular complexity index is 858. The third kappa shape index (κ3) is 3.43. The number of nitrogens with zero attached hydrogens (tertiary/aromatic N) is 1. The SMILES string of the molecule is COC(=O)C[C@H](NC(=O)c1ccc2nc[nH]c2c1)c1ccccc1. The molecule has 0 radical (unpaired) electrons. The molecule has 0 saturated heterocycles. The number of aromatic nitrogens is 2. The van der Waals surface area contributed by atoms with Crippen molar-refractivity contribution in [1.29, 1.82) is 0 Å². The number of H-pyrrole nitrogens is 1. The summed E-state index contributed by atoms with van der Waals surface area (Å²) in [4.78, 5) is 31.3. The number of rotatable bonds is 5. The number of hydrogen-bond donors (Lipinski definition) is 2. The highest BCUT2D eigenvalue weighted by molar-refractivity contribution is 5.97. The van der Waals surface area contributed by atoms with Crippen LogP contribution in [0.3, 0.4) is 0 Å². The Morgan fingerprint density at radius 1 is 1.21 bits per heavy atom. The molecule has 0 unspecified atom stereocenters. The molecule has 0 aliphatic rings. The fourth-order valence-corrected chi connectivity index (χ4v) is 2.51. The van der Waals surface area contributed by atoms with Crippen LogP contribution in [0.2, 0.25) is 0 Å². The van der Waals surface area contributed by atoms with E-state index >= 15 is 0 Å². The van der Waals surface area contributed by atoms with E-state index in [0.717, 1.165) is 16.6 Å². The van der Waals surface area contributed by atoms with Crippen molar-refractivity contribution in [2.24, 2.45) is 0 Å². The average Bonchev–Trinajstić information content (AvgIpc) is 3.09. The summed E-state index contributed by atoms with van der Waals surface area (Å²) in [6.07, 6.45) is 1.65. The van der Waals surface area contributed by atoms with Gasteiger partial charge in [0.1, 0.15) is 0 Å². The molecule has 3 rings (SSSR count). The molecule has 1 atom stereocenters. The number of nitrogens with one attached hydrogen (secondary N) is 2. The summed E-state index contributed by atoms with van der Waals surface area (Å²) in [5.74, 6) is -0.641. The number of aromatic amines is 1. The first kappa shape index (κ1) is 15.7. The predicted molar refractivity (Wildman–Crippen MR) is 89.4 cm³/mol. The molecular formula is C18H17N3O3. The lowest BCUT2D eigenvalue weighted by atomic mass is 10.0. The van der Waals surface area contributed by atoms with E-state index in [1.165, 1.54) is 7.11 Å². The Morgan fingerprint density at radius 3 is 2.75 bits per heavy atom. The zero-order chi connectivity index (χ0) is 16.9. The van der Waals surface area contributed by atoms with Gasteiger partial charge in [-0.1, -0.05) is 30.3 Å². The minimum absolute atomic E-state index is 0.0680. The van der Waals surface area contributed by atoms with Gasteiger partial charge in [0.25, 0.3) is 5.91 Å². The number of fused-ring (bicyclic) bond motifs is 1. The molecule has 0 fully saturated rings. The first-order chi connectivity index (χ1) is 11.7. The van der Waals surface area contributed by atoms with E-state index in [0.29, 0.717) is 5.56 Å². The van der Waals surface area contributed by atoms with Crippen LogP contribution in [0.1, 0.15) is 28.4 Å². The van der Waals surface area contributed by atoms with Crippen molar-refractivity contribution in [1.82, 2.24) is 15.3 Å². The summed E-state index contributed by atoms with van der Waals surface area (Å²) in [7, 11) is 1.33. The minimum Gasteiger partial charge on any atom is -0.469 e. The van der Waals surface area contributed by atoms with Gasteiger partial charge in [-0.15, -0.1) is 0 Å². The van der Waals surface area contributed by atoms with E-state index in [9.17, 15) is 9.59 Å². The normalized spacial score (nSPS) is 11.9. The molecule has 24 heavy (non-hydrogen) atoms. The first-order valence-corrected chi connectivity index (χ1v) is 7.53. The molecule has 0 aliphatic carbocycles. The van der Waals surface area contributed by atoms with Crippen molar-refractivity contribution < 1.29 is 14.3 Å². The minimum atomic E-state index is -0.455. The van der Waals surface area contributed by atoms with Crippen molar-refractivity contribution in [3.8, 4) is 0 Å². The van der Waals surface area contributed by atoms with Crippen LogP contribution in [-0.4, -0.2) is 29.0 Å². The van der Waals surface area contributed by atoms with Gasteiger partial charge in [0.15, 0.2) is 0 Å². The van der Waals surface area contributed by atoms with Crippen LogP contribution in [0.15, 0.2) is 54.9 Å². The van der Waals surface area contributed by atoms with E-state index in [1.54, 1.807) is 24.5 Å². The number of amides is 1. The molecule has 2 aromatic carbocycles. The summed E-state index contributed by atoms with van der Waals surface area (Å²) in [6.45, 7) is 0. The third-order valence-electron chi connectivity index (χ3n) is 3.79. The lowest BCUT2D eigenvalue weighted by molar-refractivity contribution is -0.141. The molecule has 6 nitrogen and oxygen atoms in total. The topological polar surface area (TPSA) is 84.1 Å². The second-order valence-electron chi connectivity index (χ2n) is 5.35. The quantitative estimate of drug-likeness (QED) is 0.707. The lowest BCUT2D eigenvalue weighted by Crippen LogP contribution is -2.30.